The summed E-state index contributed by atoms with van der Waals surface area (Å²) >= 11 is 0. The molecule has 1 N–H and O–H groups in total. The molecule has 1 aliphatic carbocycles. The Balaban J connectivity index is 1.98. The molecule has 2 rings (SSSR count). The molecule has 1 heterocycles. The molecule has 1 saturated carbocycles. The third-order valence-electron chi connectivity index (χ3n) is 4.79. The summed E-state index contributed by atoms with van der Waals surface area (Å²) in [5, 5.41) is 3.42. The Hall–Kier alpha value is -0.610. The Morgan fingerprint density at radius 3 is 2.42 bits per heavy atom. The van der Waals surface area contributed by atoms with Gasteiger partial charge in [0.2, 0.25) is 5.91 Å². The monoisotopic (exact) mass is 267 g/mol. The molecule has 1 aliphatic heterocycles. The second-order valence-corrected chi connectivity index (χ2v) is 6.27. The van der Waals surface area contributed by atoms with Gasteiger partial charge in [0.15, 0.2) is 0 Å². The molecule has 0 radical (unpaired) electrons. The van der Waals surface area contributed by atoms with Crippen LogP contribution in [0.15, 0.2) is 0 Å². The highest BCUT2D eigenvalue weighted by atomic mass is 16.2. The Labute approximate surface area is 117 Å². The van der Waals surface area contributed by atoms with Gasteiger partial charge in [-0.1, -0.05) is 12.8 Å². The van der Waals surface area contributed by atoms with E-state index in [1.54, 1.807) is 6.92 Å². The molecule has 0 unspecified atom stereocenters. The van der Waals surface area contributed by atoms with Gasteiger partial charge in [0.1, 0.15) is 0 Å². The van der Waals surface area contributed by atoms with Crippen LogP contribution in [-0.2, 0) is 4.79 Å². The van der Waals surface area contributed by atoms with E-state index < -0.39 is 0 Å². The van der Waals surface area contributed by atoms with E-state index in [1.165, 1.54) is 32.2 Å². The van der Waals surface area contributed by atoms with Crippen molar-refractivity contribution in [3.8, 4) is 0 Å². The van der Waals surface area contributed by atoms with Crippen molar-refractivity contribution in [2.24, 2.45) is 5.41 Å². The first-order chi connectivity index (χ1) is 9.15. The van der Waals surface area contributed by atoms with Crippen LogP contribution in [-0.4, -0.2) is 61.5 Å². The van der Waals surface area contributed by atoms with Crippen LogP contribution in [0.25, 0.3) is 0 Å². The Morgan fingerprint density at radius 1 is 1.26 bits per heavy atom. The molecule has 0 atom stereocenters. The van der Waals surface area contributed by atoms with Gasteiger partial charge < -0.3 is 15.1 Å². The van der Waals surface area contributed by atoms with Gasteiger partial charge in [-0.25, -0.2) is 0 Å². The van der Waals surface area contributed by atoms with Crippen molar-refractivity contribution in [3.63, 3.8) is 0 Å². The van der Waals surface area contributed by atoms with E-state index >= 15 is 0 Å². The molecule has 4 heteroatoms. The predicted octanol–water partition coefficient (Wildman–Crippen LogP) is 1.32. The number of carbonyl (C=O) groups is 1. The molecule has 1 amide bonds. The highest BCUT2D eigenvalue weighted by Crippen LogP contribution is 2.39. The second-order valence-electron chi connectivity index (χ2n) is 6.27. The van der Waals surface area contributed by atoms with Crippen molar-refractivity contribution in [1.82, 2.24) is 15.1 Å². The van der Waals surface area contributed by atoms with Crippen LogP contribution < -0.4 is 5.32 Å². The van der Waals surface area contributed by atoms with Crippen LogP contribution in [0.4, 0.5) is 0 Å². The number of nitrogens with one attached hydrogen (secondary N) is 1. The number of carbonyl (C=O) groups excluding carboxylic acids is 1. The number of piperazine rings is 1. The molecule has 0 aromatic carbocycles. The second kappa shape index (κ2) is 6.71. The lowest BCUT2D eigenvalue weighted by molar-refractivity contribution is -0.130. The maximum Gasteiger partial charge on any atom is 0.219 e. The Morgan fingerprint density at radius 2 is 1.89 bits per heavy atom. The maximum absolute atomic E-state index is 11.7. The molecular formula is C15H29N3O. The normalized spacial score (nSPS) is 23.5. The average molecular weight is 267 g/mol. The number of amides is 1. The van der Waals surface area contributed by atoms with E-state index in [0.717, 1.165) is 39.3 Å². The molecule has 2 aliphatic rings. The molecule has 0 aromatic rings. The summed E-state index contributed by atoms with van der Waals surface area (Å²) in [5.74, 6) is 0.231. The minimum atomic E-state index is 0.231. The fraction of sp³-hybridized carbons (Fsp3) is 0.933. The summed E-state index contributed by atoms with van der Waals surface area (Å²) in [5.41, 5.74) is 0.360. The Kier molecular flexibility index (Phi) is 5.22. The van der Waals surface area contributed by atoms with Gasteiger partial charge in [0.05, 0.1) is 0 Å². The zero-order chi connectivity index (χ0) is 13.7. The minimum Gasteiger partial charge on any atom is -0.343 e. The van der Waals surface area contributed by atoms with E-state index in [-0.39, 0.29) is 5.91 Å². The zero-order valence-electron chi connectivity index (χ0n) is 12.6. The zero-order valence-corrected chi connectivity index (χ0v) is 12.6. The fourth-order valence-corrected chi connectivity index (χ4v) is 3.69. The summed E-state index contributed by atoms with van der Waals surface area (Å²) in [7, 11) is 0. The van der Waals surface area contributed by atoms with Crippen LogP contribution in [0.1, 0.15) is 39.5 Å². The molecular weight excluding hydrogens is 238 g/mol. The minimum absolute atomic E-state index is 0.231. The predicted molar refractivity (Wildman–Crippen MR) is 78.1 cm³/mol. The standard InChI is InChI=1S/C15H29N3O/c1-3-18(14(2)19)13-15(6-4-5-7-15)12-17-10-8-16-9-11-17/h16H,3-13H2,1-2H3. The molecule has 0 spiro atoms. The lowest BCUT2D eigenvalue weighted by atomic mass is 9.84. The third-order valence-corrected chi connectivity index (χ3v) is 4.79. The van der Waals surface area contributed by atoms with Gasteiger partial charge in [-0.3, -0.25) is 4.79 Å². The lowest BCUT2D eigenvalue weighted by Gasteiger charge is -2.40. The summed E-state index contributed by atoms with van der Waals surface area (Å²) in [4.78, 5) is 16.3. The van der Waals surface area contributed by atoms with Crippen molar-refractivity contribution < 1.29 is 4.79 Å². The molecule has 1 saturated heterocycles. The smallest absolute Gasteiger partial charge is 0.219 e. The van der Waals surface area contributed by atoms with E-state index in [0.29, 0.717) is 5.41 Å². The lowest BCUT2D eigenvalue weighted by Crippen LogP contribution is -2.50. The van der Waals surface area contributed by atoms with Crippen molar-refractivity contribution in [2.45, 2.75) is 39.5 Å². The third kappa shape index (κ3) is 3.93. The summed E-state index contributed by atoms with van der Waals surface area (Å²) in [6.45, 7) is 11.3. The van der Waals surface area contributed by atoms with Gasteiger partial charge >= 0.3 is 0 Å². The first-order valence-corrected chi connectivity index (χ1v) is 7.84. The van der Waals surface area contributed by atoms with Crippen molar-refractivity contribution in [3.05, 3.63) is 0 Å². The van der Waals surface area contributed by atoms with E-state index in [2.05, 4.69) is 17.1 Å². The molecule has 4 nitrogen and oxygen atoms in total. The SMILES string of the molecule is CCN(CC1(CN2CCNCC2)CCCC1)C(C)=O. The number of nitrogens with zero attached hydrogens (tertiary/aromatic N) is 2. The Bertz CT molecular complexity index is 294. The summed E-state index contributed by atoms with van der Waals surface area (Å²) < 4.78 is 0. The van der Waals surface area contributed by atoms with Crippen molar-refractivity contribution in [1.29, 1.82) is 0 Å². The van der Waals surface area contributed by atoms with Gasteiger partial charge in [-0.15, -0.1) is 0 Å². The van der Waals surface area contributed by atoms with E-state index in [4.69, 9.17) is 0 Å². The highest BCUT2D eigenvalue weighted by Gasteiger charge is 2.37. The number of hydrogen-bond donors (Lipinski definition) is 1. The topological polar surface area (TPSA) is 35.6 Å². The van der Waals surface area contributed by atoms with Crippen molar-refractivity contribution >= 4 is 5.91 Å². The van der Waals surface area contributed by atoms with Crippen LogP contribution >= 0.6 is 0 Å². The van der Waals surface area contributed by atoms with Crippen LogP contribution in [0.2, 0.25) is 0 Å². The molecule has 0 aromatic heterocycles. The highest BCUT2D eigenvalue weighted by molar-refractivity contribution is 5.73. The van der Waals surface area contributed by atoms with Gasteiger partial charge in [-0.05, 0) is 19.8 Å². The quantitative estimate of drug-likeness (QED) is 0.816. The molecule has 19 heavy (non-hydrogen) atoms. The maximum atomic E-state index is 11.7. The first kappa shape index (κ1) is 14.8. The van der Waals surface area contributed by atoms with Gasteiger partial charge in [-0.2, -0.15) is 0 Å². The largest absolute Gasteiger partial charge is 0.343 e. The first-order valence-electron chi connectivity index (χ1n) is 7.84. The summed E-state index contributed by atoms with van der Waals surface area (Å²) in [6, 6.07) is 0. The molecule has 110 valence electrons. The van der Waals surface area contributed by atoms with Gasteiger partial charge in [0.25, 0.3) is 0 Å². The van der Waals surface area contributed by atoms with Gasteiger partial charge in [0, 0.05) is 58.2 Å². The molecule has 0 bridgehead atoms. The van der Waals surface area contributed by atoms with E-state index in [9.17, 15) is 4.79 Å². The molecule has 2 fully saturated rings. The van der Waals surface area contributed by atoms with Crippen LogP contribution in [0, 0.1) is 5.41 Å². The number of rotatable bonds is 5. The summed E-state index contributed by atoms with van der Waals surface area (Å²) in [6.07, 6.45) is 5.25. The fourth-order valence-electron chi connectivity index (χ4n) is 3.69. The van der Waals surface area contributed by atoms with Crippen LogP contribution in [0.5, 0.6) is 0 Å². The van der Waals surface area contributed by atoms with E-state index in [1.807, 2.05) is 4.90 Å². The van der Waals surface area contributed by atoms with Crippen molar-refractivity contribution in [2.75, 3.05) is 45.8 Å². The van der Waals surface area contributed by atoms with Crippen LogP contribution in [0.3, 0.4) is 0 Å². The average Bonchev–Trinajstić information content (AvgIpc) is 2.85. The number of hydrogen-bond acceptors (Lipinski definition) is 3.